The van der Waals surface area contributed by atoms with Crippen LogP contribution in [0.15, 0.2) is 18.2 Å². The molecule has 0 radical (unpaired) electrons. The Bertz CT molecular complexity index is 342. The summed E-state index contributed by atoms with van der Waals surface area (Å²) in [6.45, 7) is 8.37. The van der Waals surface area contributed by atoms with Crippen LogP contribution in [0, 0.1) is 13.8 Å². The Morgan fingerprint density at radius 3 is 2.50 bits per heavy atom. The van der Waals surface area contributed by atoms with E-state index >= 15 is 0 Å². The van der Waals surface area contributed by atoms with Crippen LogP contribution in [-0.2, 0) is 11.2 Å². The molecule has 1 aromatic rings. The van der Waals surface area contributed by atoms with Crippen molar-refractivity contribution >= 4 is 0 Å². The molecule has 0 spiro atoms. The van der Waals surface area contributed by atoms with Crippen molar-refractivity contribution in [2.75, 3.05) is 13.1 Å². The largest absolute Gasteiger partial charge is 0.372 e. The summed E-state index contributed by atoms with van der Waals surface area (Å²) in [6, 6.07) is 6.73. The highest BCUT2D eigenvalue weighted by molar-refractivity contribution is 5.29. The van der Waals surface area contributed by atoms with Gasteiger partial charge in [0.1, 0.15) is 0 Å². The Labute approximate surface area is 98.0 Å². The van der Waals surface area contributed by atoms with E-state index in [2.05, 4.69) is 44.3 Å². The molecule has 2 rings (SSSR count). The van der Waals surface area contributed by atoms with E-state index in [0.29, 0.717) is 12.2 Å². The predicted octanol–water partition coefficient (Wildman–Crippen LogP) is 2.22. The van der Waals surface area contributed by atoms with Crippen LogP contribution in [0.5, 0.6) is 0 Å². The number of benzene rings is 1. The highest BCUT2D eigenvalue weighted by Gasteiger charge is 2.18. The molecule has 0 amide bonds. The molecule has 1 aliphatic rings. The summed E-state index contributed by atoms with van der Waals surface area (Å²) in [6.07, 6.45) is 1.68. The predicted molar refractivity (Wildman–Crippen MR) is 66.8 cm³/mol. The molecule has 2 heteroatoms. The van der Waals surface area contributed by atoms with E-state index in [-0.39, 0.29) is 0 Å². The van der Waals surface area contributed by atoms with Crippen molar-refractivity contribution in [2.45, 2.75) is 39.4 Å². The maximum atomic E-state index is 5.91. The van der Waals surface area contributed by atoms with Crippen molar-refractivity contribution in [3.8, 4) is 0 Å². The van der Waals surface area contributed by atoms with Crippen LogP contribution in [-0.4, -0.2) is 25.3 Å². The molecule has 0 aliphatic carbocycles. The average molecular weight is 219 g/mol. The molecule has 0 bridgehead atoms. The van der Waals surface area contributed by atoms with Crippen molar-refractivity contribution in [3.05, 3.63) is 34.9 Å². The average Bonchev–Trinajstić information content (AvgIpc) is 2.15. The van der Waals surface area contributed by atoms with Crippen LogP contribution < -0.4 is 5.32 Å². The van der Waals surface area contributed by atoms with Gasteiger partial charge in [0, 0.05) is 13.1 Å². The molecular formula is C14H21NO. The first-order valence-electron chi connectivity index (χ1n) is 6.07. The molecular weight excluding hydrogens is 198 g/mol. The second kappa shape index (κ2) is 4.98. The molecule has 88 valence electrons. The van der Waals surface area contributed by atoms with Crippen LogP contribution in [0.25, 0.3) is 0 Å². The van der Waals surface area contributed by atoms with Gasteiger partial charge in [-0.15, -0.1) is 0 Å². The summed E-state index contributed by atoms with van der Waals surface area (Å²) in [4.78, 5) is 0. The lowest BCUT2D eigenvalue weighted by Gasteiger charge is -2.29. The summed E-state index contributed by atoms with van der Waals surface area (Å²) < 4.78 is 5.91. The number of hydrogen-bond donors (Lipinski definition) is 1. The summed E-state index contributed by atoms with van der Waals surface area (Å²) in [5.41, 5.74) is 4.07. The van der Waals surface area contributed by atoms with Gasteiger partial charge >= 0.3 is 0 Å². The summed E-state index contributed by atoms with van der Waals surface area (Å²) in [7, 11) is 0. The van der Waals surface area contributed by atoms with Crippen LogP contribution in [0.4, 0.5) is 0 Å². The Hall–Kier alpha value is -0.860. The second-order valence-corrected chi connectivity index (χ2v) is 4.93. The normalized spacial score (nSPS) is 25.7. The lowest BCUT2D eigenvalue weighted by molar-refractivity contribution is -0.0262. The molecule has 0 saturated carbocycles. The fourth-order valence-electron chi connectivity index (χ4n) is 2.44. The van der Waals surface area contributed by atoms with E-state index in [1.54, 1.807) is 0 Å². The fourth-order valence-corrected chi connectivity index (χ4v) is 2.44. The van der Waals surface area contributed by atoms with Crippen molar-refractivity contribution in [1.82, 2.24) is 5.32 Å². The maximum absolute atomic E-state index is 5.91. The highest BCUT2D eigenvalue weighted by atomic mass is 16.5. The van der Waals surface area contributed by atoms with Gasteiger partial charge in [-0.2, -0.15) is 0 Å². The summed E-state index contributed by atoms with van der Waals surface area (Å²) in [5.74, 6) is 0. The Morgan fingerprint density at radius 1 is 1.19 bits per heavy atom. The zero-order valence-corrected chi connectivity index (χ0v) is 10.4. The van der Waals surface area contributed by atoms with Gasteiger partial charge in [-0.05, 0) is 32.8 Å². The minimum absolute atomic E-state index is 0.324. The first kappa shape index (κ1) is 11.6. The van der Waals surface area contributed by atoms with Crippen molar-refractivity contribution in [2.24, 2.45) is 0 Å². The minimum atomic E-state index is 0.324. The van der Waals surface area contributed by atoms with Crippen molar-refractivity contribution < 1.29 is 4.74 Å². The van der Waals surface area contributed by atoms with Gasteiger partial charge in [-0.1, -0.05) is 29.3 Å². The number of rotatable bonds is 2. The van der Waals surface area contributed by atoms with Gasteiger partial charge in [-0.25, -0.2) is 0 Å². The van der Waals surface area contributed by atoms with Crippen LogP contribution in [0.1, 0.15) is 23.6 Å². The molecule has 1 aromatic carbocycles. The Kier molecular flexibility index (Phi) is 3.62. The smallest absolute Gasteiger partial charge is 0.0743 e. The van der Waals surface area contributed by atoms with Gasteiger partial charge in [0.25, 0.3) is 0 Å². The standard InChI is InChI=1S/C14H21NO/c1-10-4-11(2)6-13(5-10)7-14-9-15-8-12(3)16-14/h4-6,12,14-15H,7-9H2,1-3H3. The molecule has 1 N–H and O–H groups in total. The highest BCUT2D eigenvalue weighted by Crippen LogP contribution is 2.14. The van der Waals surface area contributed by atoms with E-state index in [9.17, 15) is 0 Å². The number of hydrogen-bond acceptors (Lipinski definition) is 2. The van der Waals surface area contributed by atoms with E-state index in [0.717, 1.165) is 19.5 Å². The number of aryl methyl sites for hydroxylation is 2. The van der Waals surface area contributed by atoms with Gasteiger partial charge < -0.3 is 10.1 Å². The molecule has 1 heterocycles. The van der Waals surface area contributed by atoms with Crippen LogP contribution in [0.2, 0.25) is 0 Å². The summed E-state index contributed by atoms with van der Waals surface area (Å²) in [5, 5.41) is 3.41. The molecule has 2 atom stereocenters. The van der Waals surface area contributed by atoms with E-state index in [1.165, 1.54) is 16.7 Å². The molecule has 16 heavy (non-hydrogen) atoms. The molecule has 2 nitrogen and oxygen atoms in total. The lowest BCUT2D eigenvalue weighted by Crippen LogP contribution is -2.44. The van der Waals surface area contributed by atoms with E-state index < -0.39 is 0 Å². The Balaban J connectivity index is 2.02. The first-order chi connectivity index (χ1) is 7.63. The molecule has 1 fully saturated rings. The number of ether oxygens (including phenoxy) is 1. The van der Waals surface area contributed by atoms with Crippen LogP contribution in [0.3, 0.4) is 0 Å². The molecule has 1 aliphatic heterocycles. The second-order valence-electron chi connectivity index (χ2n) is 4.93. The van der Waals surface area contributed by atoms with Gasteiger partial charge in [0.05, 0.1) is 12.2 Å². The maximum Gasteiger partial charge on any atom is 0.0743 e. The van der Waals surface area contributed by atoms with E-state index in [1.807, 2.05) is 0 Å². The van der Waals surface area contributed by atoms with Gasteiger partial charge in [0.15, 0.2) is 0 Å². The van der Waals surface area contributed by atoms with Crippen LogP contribution >= 0.6 is 0 Å². The Morgan fingerprint density at radius 2 is 1.88 bits per heavy atom. The van der Waals surface area contributed by atoms with Crippen molar-refractivity contribution in [3.63, 3.8) is 0 Å². The van der Waals surface area contributed by atoms with E-state index in [4.69, 9.17) is 4.74 Å². The third kappa shape index (κ3) is 3.06. The quantitative estimate of drug-likeness (QED) is 0.823. The molecule has 0 aromatic heterocycles. The van der Waals surface area contributed by atoms with Gasteiger partial charge in [0.2, 0.25) is 0 Å². The van der Waals surface area contributed by atoms with Gasteiger partial charge in [-0.3, -0.25) is 0 Å². The minimum Gasteiger partial charge on any atom is -0.372 e. The van der Waals surface area contributed by atoms with Crippen molar-refractivity contribution in [1.29, 1.82) is 0 Å². The molecule has 2 unspecified atom stereocenters. The lowest BCUT2D eigenvalue weighted by atomic mass is 10.0. The molecule has 1 saturated heterocycles. The zero-order chi connectivity index (χ0) is 11.5. The SMILES string of the molecule is Cc1cc(C)cc(CC2CNCC(C)O2)c1. The third-order valence-electron chi connectivity index (χ3n) is 2.97. The fraction of sp³-hybridized carbons (Fsp3) is 0.571. The monoisotopic (exact) mass is 219 g/mol. The topological polar surface area (TPSA) is 21.3 Å². The zero-order valence-electron chi connectivity index (χ0n) is 10.4. The number of morpholine rings is 1. The third-order valence-corrected chi connectivity index (χ3v) is 2.97. The summed E-state index contributed by atoms with van der Waals surface area (Å²) >= 11 is 0. The first-order valence-corrected chi connectivity index (χ1v) is 6.07. The number of nitrogens with one attached hydrogen (secondary N) is 1.